The Morgan fingerprint density at radius 2 is 2.28 bits per heavy atom. The van der Waals surface area contributed by atoms with Crippen LogP contribution in [-0.2, 0) is 13.6 Å². The van der Waals surface area contributed by atoms with Gasteiger partial charge in [-0.25, -0.2) is 9.67 Å². The average Bonchev–Trinajstić information content (AvgIpc) is 2.71. The molecule has 2 aromatic heterocycles. The number of anilines is 1. The lowest BCUT2D eigenvalue weighted by molar-refractivity contribution is 0.703. The topological polar surface area (TPSA) is 51.0 Å². The Bertz CT molecular complexity index is 622. The molecular formula is C11H13ClN4OS. The molecule has 0 N–H and O–H groups in total. The third-order valence-corrected chi connectivity index (χ3v) is 3.82. The van der Waals surface area contributed by atoms with E-state index >= 15 is 0 Å². The first-order chi connectivity index (χ1) is 8.49. The van der Waals surface area contributed by atoms with Gasteiger partial charge in [0.25, 0.3) is 5.56 Å². The van der Waals surface area contributed by atoms with Crippen molar-refractivity contribution in [3.63, 3.8) is 0 Å². The monoisotopic (exact) mass is 284 g/mol. The zero-order chi connectivity index (χ0) is 13.3. The van der Waals surface area contributed by atoms with E-state index in [-0.39, 0.29) is 10.6 Å². The summed E-state index contributed by atoms with van der Waals surface area (Å²) in [5.74, 6) is 0. The summed E-state index contributed by atoms with van der Waals surface area (Å²) in [6.07, 6.45) is 1.59. The summed E-state index contributed by atoms with van der Waals surface area (Å²) >= 11 is 7.62. The molecular weight excluding hydrogens is 272 g/mol. The van der Waals surface area contributed by atoms with Crippen LogP contribution in [0.4, 0.5) is 5.69 Å². The molecule has 0 saturated carbocycles. The van der Waals surface area contributed by atoms with E-state index in [2.05, 4.69) is 10.1 Å². The normalized spacial score (nSPS) is 10.7. The Hall–Kier alpha value is -1.40. The fourth-order valence-electron chi connectivity index (χ4n) is 1.53. The molecule has 0 bridgehead atoms. The second-order valence-corrected chi connectivity index (χ2v) is 5.33. The van der Waals surface area contributed by atoms with Crippen LogP contribution in [0, 0.1) is 6.92 Å². The summed E-state index contributed by atoms with van der Waals surface area (Å²) in [6, 6.07) is 0. The SMILES string of the molecule is Cc1csc(CN(C)c2cnn(C)c(=O)c2Cl)n1. The lowest BCUT2D eigenvalue weighted by atomic mass is 10.4. The van der Waals surface area contributed by atoms with Gasteiger partial charge in [0, 0.05) is 25.2 Å². The highest BCUT2D eigenvalue weighted by molar-refractivity contribution is 7.09. The molecule has 7 heteroatoms. The van der Waals surface area contributed by atoms with Crippen LogP contribution in [0.1, 0.15) is 10.7 Å². The summed E-state index contributed by atoms with van der Waals surface area (Å²) < 4.78 is 1.22. The van der Waals surface area contributed by atoms with Gasteiger partial charge in [-0.05, 0) is 6.92 Å². The Labute approximate surface area is 114 Å². The van der Waals surface area contributed by atoms with E-state index in [0.29, 0.717) is 12.2 Å². The van der Waals surface area contributed by atoms with Crippen molar-refractivity contribution in [2.45, 2.75) is 13.5 Å². The van der Waals surface area contributed by atoms with Crippen molar-refractivity contribution in [1.29, 1.82) is 0 Å². The lowest BCUT2D eigenvalue weighted by Crippen LogP contribution is -2.25. The zero-order valence-corrected chi connectivity index (χ0v) is 11.9. The van der Waals surface area contributed by atoms with E-state index < -0.39 is 0 Å². The number of aryl methyl sites for hydroxylation is 2. The lowest BCUT2D eigenvalue weighted by Gasteiger charge is -2.18. The maximum Gasteiger partial charge on any atom is 0.287 e. The molecule has 0 saturated heterocycles. The second kappa shape index (κ2) is 5.07. The largest absolute Gasteiger partial charge is 0.365 e. The maximum atomic E-state index is 11.7. The van der Waals surface area contributed by atoms with Crippen LogP contribution in [0.5, 0.6) is 0 Å². The molecule has 0 radical (unpaired) electrons. The predicted octanol–water partition coefficient (Wildman–Crippen LogP) is 1.84. The van der Waals surface area contributed by atoms with Crippen LogP contribution >= 0.6 is 22.9 Å². The number of hydrogen-bond donors (Lipinski definition) is 0. The summed E-state index contributed by atoms with van der Waals surface area (Å²) in [4.78, 5) is 17.9. The van der Waals surface area contributed by atoms with Crippen molar-refractivity contribution < 1.29 is 0 Å². The number of hydrogen-bond acceptors (Lipinski definition) is 5. The van der Waals surface area contributed by atoms with Crippen molar-refractivity contribution in [2.24, 2.45) is 7.05 Å². The summed E-state index contributed by atoms with van der Waals surface area (Å²) in [5.41, 5.74) is 1.32. The van der Waals surface area contributed by atoms with Gasteiger partial charge in [0.1, 0.15) is 10.0 Å². The minimum Gasteiger partial charge on any atom is -0.365 e. The van der Waals surface area contributed by atoms with Gasteiger partial charge in [-0.1, -0.05) is 11.6 Å². The van der Waals surface area contributed by atoms with Gasteiger partial charge in [-0.3, -0.25) is 4.79 Å². The van der Waals surface area contributed by atoms with Crippen molar-refractivity contribution in [3.8, 4) is 0 Å². The third-order valence-electron chi connectivity index (χ3n) is 2.51. The van der Waals surface area contributed by atoms with Crippen LogP contribution in [-0.4, -0.2) is 21.8 Å². The highest BCUT2D eigenvalue weighted by Crippen LogP contribution is 2.22. The molecule has 5 nitrogen and oxygen atoms in total. The molecule has 2 heterocycles. The third kappa shape index (κ3) is 2.54. The molecule has 0 fully saturated rings. The van der Waals surface area contributed by atoms with E-state index in [1.165, 1.54) is 4.68 Å². The highest BCUT2D eigenvalue weighted by atomic mass is 35.5. The van der Waals surface area contributed by atoms with Gasteiger partial charge in [-0.15, -0.1) is 11.3 Å². The first kappa shape index (κ1) is 13.0. The number of rotatable bonds is 3. The fraction of sp³-hybridized carbons (Fsp3) is 0.364. The standard InChI is InChI=1S/C11H13ClN4OS/c1-7-6-18-9(14-7)5-15(2)8-4-13-16(3)11(17)10(8)12/h4,6H,5H2,1-3H3. The molecule has 0 aliphatic heterocycles. The van der Waals surface area contributed by atoms with Crippen LogP contribution in [0.2, 0.25) is 5.02 Å². The van der Waals surface area contributed by atoms with E-state index in [1.807, 2.05) is 24.3 Å². The van der Waals surface area contributed by atoms with Crippen molar-refractivity contribution in [3.05, 3.63) is 37.7 Å². The molecule has 96 valence electrons. The van der Waals surface area contributed by atoms with Gasteiger partial charge in [0.15, 0.2) is 0 Å². The van der Waals surface area contributed by atoms with E-state index in [1.54, 1.807) is 24.6 Å². The van der Waals surface area contributed by atoms with Gasteiger partial charge in [0.05, 0.1) is 18.4 Å². The molecule has 0 aromatic carbocycles. The molecule has 18 heavy (non-hydrogen) atoms. The Kier molecular flexibility index (Phi) is 3.68. The van der Waals surface area contributed by atoms with Crippen molar-refractivity contribution in [1.82, 2.24) is 14.8 Å². The first-order valence-electron chi connectivity index (χ1n) is 5.33. The number of nitrogens with zero attached hydrogens (tertiary/aromatic N) is 4. The van der Waals surface area contributed by atoms with Crippen LogP contribution in [0.15, 0.2) is 16.4 Å². The number of aromatic nitrogens is 3. The quantitative estimate of drug-likeness (QED) is 0.863. The molecule has 0 unspecified atom stereocenters. The number of thiazole rings is 1. The molecule has 0 aliphatic rings. The van der Waals surface area contributed by atoms with Gasteiger partial charge < -0.3 is 4.90 Å². The van der Waals surface area contributed by atoms with E-state index in [0.717, 1.165) is 10.7 Å². The zero-order valence-electron chi connectivity index (χ0n) is 10.3. The summed E-state index contributed by atoms with van der Waals surface area (Å²) in [7, 11) is 3.43. The van der Waals surface area contributed by atoms with Gasteiger partial charge >= 0.3 is 0 Å². The summed E-state index contributed by atoms with van der Waals surface area (Å²) in [5, 5.41) is 7.12. The average molecular weight is 285 g/mol. The van der Waals surface area contributed by atoms with Crippen LogP contribution < -0.4 is 10.5 Å². The maximum absolute atomic E-state index is 11.7. The minimum absolute atomic E-state index is 0.184. The van der Waals surface area contributed by atoms with E-state index in [9.17, 15) is 4.79 Å². The Morgan fingerprint density at radius 1 is 1.56 bits per heavy atom. The molecule has 2 rings (SSSR count). The van der Waals surface area contributed by atoms with Crippen LogP contribution in [0.25, 0.3) is 0 Å². The predicted molar refractivity (Wildman–Crippen MR) is 73.4 cm³/mol. The van der Waals surface area contributed by atoms with E-state index in [4.69, 9.17) is 11.6 Å². The Balaban J connectivity index is 2.26. The number of halogens is 1. The highest BCUT2D eigenvalue weighted by Gasteiger charge is 2.12. The Morgan fingerprint density at radius 3 is 2.89 bits per heavy atom. The first-order valence-corrected chi connectivity index (χ1v) is 6.58. The van der Waals surface area contributed by atoms with Gasteiger partial charge in [-0.2, -0.15) is 5.10 Å². The van der Waals surface area contributed by atoms with Crippen molar-refractivity contribution in [2.75, 3.05) is 11.9 Å². The molecule has 0 amide bonds. The van der Waals surface area contributed by atoms with Gasteiger partial charge in [0.2, 0.25) is 0 Å². The second-order valence-electron chi connectivity index (χ2n) is 4.01. The molecule has 0 spiro atoms. The smallest absolute Gasteiger partial charge is 0.287 e. The fourth-order valence-corrected chi connectivity index (χ4v) is 2.67. The minimum atomic E-state index is -0.295. The van der Waals surface area contributed by atoms with Crippen LogP contribution in [0.3, 0.4) is 0 Å². The van der Waals surface area contributed by atoms with Crippen molar-refractivity contribution >= 4 is 28.6 Å². The molecule has 0 atom stereocenters. The summed E-state index contributed by atoms with van der Waals surface area (Å²) in [6.45, 7) is 2.56. The molecule has 0 aliphatic carbocycles. The molecule has 2 aromatic rings.